The van der Waals surface area contributed by atoms with E-state index in [-0.39, 0.29) is 21.2 Å². The second kappa shape index (κ2) is 6.37. The predicted octanol–water partition coefficient (Wildman–Crippen LogP) is 2.47. The molecule has 1 N–H and O–H groups in total. The van der Waals surface area contributed by atoms with Crippen molar-refractivity contribution in [3.63, 3.8) is 0 Å². The summed E-state index contributed by atoms with van der Waals surface area (Å²) < 4.78 is 51.3. The first-order valence-corrected chi connectivity index (χ1v) is 9.72. The van der Waals surface area contributed by atoms with Crippen molar-refractivity contribution in [2.75, 3.05) is 6.54 Å². The summed E-state index contributed by atoms with van der Waals surface area (Å²) in [6.07, 6.45) is 0. The van der Waals surface area contributed by atoms with Crippen LogP contribution in [0, 0.1) is 0 Å². The van der Waals surface area contributed by atoms with Crippen molar-refractivity contribution in [3.8, 4) is 0 Å². The molecule has 0 fully saturated rings. The van der Waals surface area contributed by atoms with Gasteiger partial charge in [0.2, 0.25) is 19.9 Å². The summed E-state index contributed by atoms with van der Waals surface area (Å²) >= 11 is 5.75. The average Bonchev–Trinajstić information content (AvgIpc) is 2.48. The zero-order chi connectivity index (χ0) is 16.4. The van der Waals surface area contributed by atoms with Gasteiger partial charge in [-0.2, -0.15) is 0 Å². The first-order chi connectivity index (χ1) is 10.3. The Kier molecular flexibility index (Phi) is 4.91. The van der Waals surface area contributed by atoms with Gasteiger partial charge in [-0.15, -0.1) is 0 Å². The molecule has 0 bridgehead atoms. The van der Waals surface area contributed by atoms with Crippen LogP contribution in [-0.2, 0) is 19.9 Å². The van der Waals surface area contributed by atoms with E-state index >= 15 is 0 Å². The van der Waals surface area contributed by atoms with Gasteiger partial charge in [-0.25, -0.2) is 21.6 Å². The van der Waals surface area contributed by atoms with Crippen LogP contribution in [-0.4, -0.2) is 23.4 Å². The van der Waals surface area contributed by atoms with Crippen LogP contribution >= 0.6 is 11.6 Å². The summed E-state index contributed by atoms with van der Waals surface area (Å²) in [6, 6.07) is 10.9. The van der Waals surface area contributed by atoms with Crippen LogP contribution < -0.4 is 4.72 Å². The van der Waals surface area contributed by atoms with E-state index in [0.717, 1.165) is 6.07 Å². The quantitative estimate of drug-likeness (QED) is 0.889. The average molecular weight is 360 g/mol. The van der Waals surface area contributed by atoms with Crippen LogP contribution in [0.3, 0.4) is 0 Å². The van der Waals surface area contributed by atoms with Crippen molar-refractivity contribution in [3.05, 3.63) is 53.6 Å². The molecule has 8 heteroatoms. The van der Waals surface area contributed by atoms with Gasteiger partial charge in [0.1, 0.15) is 0 Å². The summed E-state index contributed by atoms with van der Waals surface area (Å²) in [5.74, 6) is 0. The van der Waals surface area contributed by atoms with Crippen LogP contribution in [0.15, 0.2) is 63.2 Å². The van der Waals surface area contributed by atoms with Gasteiger partial charge < -0.3 is 0 Å². The van der Waals surface area contributed by atoms with Gasteiger partial charge in [0.15, 0.2) is 0 Å². The highest BCUT2D eigenvalue weighted by Gasteiger charge is 2.21. The van der Waals surface area contributed by atoms with Crippen molar-refractivity contribution in [1.29, 1.82) is 0 Å². The number of sulfone groups is 1. The zero-order valence-electron chi connectivity index (χ0n) is 11.7. The Balaban J connectivity index is 2.51. The van der Waals surface area contributed by atoms with Crippen molar-refractivity contribution in [1.82, 2.24) is 4.72 Å². The van der Waals surface area contributed by atoms with Crippen molar-refractivity contribution in [2.24, 2.45) is 0 Å². The molecule has 0 aliphatic carbocycles. The normalized spacial score (nSPS) is 12.3. The minimum atomic E-state index is -3.80. The molecule has 0 spiro atoms. The smallest absolute Gasteiger partial charge is 0.219 e. The Bertz CT molecular complexity index is 875. The molecule has 2 rings (SSSR count). The molecular weight excluding hydrogens is 346 g/mol. The first kappa shape index (κ1) is 17.0. The lowest BCUT2D eigenvalue weighted by molar-refractivity contribution is 0.583. The van der Waals surface area contributed by atoms with Gasteiger partial charge in [0.05, 0.1) is 14.7 Å². The molecule has 0 aliphatic heterocycles. The van der Waals surface area contributed by atoms with E-state index in [1.807, 2.05) is 0 Å². The summed E-state index contributed by atoms with van der Waals surface area (Å²) in [4.78, 5) is -0.131. The Labute approximate surface area is 134 Å². The highest BCUT2D eigenvalue weighted by Crippen LogP contribution is 2.24. The van der Waals surface area contributed by atoms with Crippen LogP contribution in [0.1, 0.15) is 6.92 Å². The Hall–Kier alpha value is -1.41. The fourth-order valence-corrected chi connectivity index (χ4v) is 4.43. The predicted molar refractivity (Wildman–Crippen MR) is 84.2 cm³/mol. The molecule has 5 nitrogen and oxygen atoms in total. The van der Waals surface area contributed by atoms with Crippen LogP contribution in [0.4, 0.5) is 0 Å². The second-order valence-electron chi connectivity index (χ2n) is 4.43. The van der Waals surface area contributed by atoms with Gasteiger partial charge in [-0.1, -0.05) is 24.6 Å². The highest BCUT2D eigenvalue weighted by molar-refractivity contribution is 7.91. The third-order valence-corrected chi connectivity index (χ3v) is 6.45. The van der Waals surface area contributed by atoms with E-state index in [2.05, 4.69) is 4.72 Å². The number of halogens is 1. The minimum Gasteiger partial charge on any atom is -0.219 e. The molecule has 0 aliphatic rings. The number of hydrogen-bond acceptors (Lipinski definition) is 4. The Morgan fingerprint density at radius 3 is 2.09 bits per heavy atom. The molecule has 0 saturated heterocycles. The summed E-state index contributed by atoms with van der Waals surface area (Å²) in [5.41, 5.74) is 0. The number of rotatable bonds is 5. The standard InChI is InChI=1S/C14H14ClNO4S2/c1-2-16-22(19,20)14-5-3-4-13(10-14)21(17,18)12-8-6-11(15)7-9-12/h3-10,16H,2H2,1H3. The topological polar surface area (TPSA) is 80.3 Å². The van der Waals surface area contributed by atoms with Gasteiger partial charge in [-0.05, 0) is 42.5 Å². The zero-order valence-corrected chi connectivity index (χ0v) is 14.0. The van der Waals surface area contributed by atoms with Crippen LogP contribution in [0.2, 0.25) is 5.02 Å². The van der Waals surface area contributed by atoms with E-state index < -0.39 is 19.9 Å². The lowest BCUT2D eigenvalue weighted by Crippen LogP contribution is -2.23. The van der Waals surface area contributed by atoms with E-state index in [9.17, 15) is 16.8 Å². The van der Waals surface area contributed by atoms with Crippen LogP contribution in [0.5, 0.6) is 0 Å². The van der Waals surface area contributed by atoms with E-state index in [1.165, 1.54) is 42.5 Å². The van der Waals surface area contributed by atoms with Crippen LogP contribution in [0.25, 0.3) is 0 Å². The Morgan fingerprint density at radius 1 is 0.909 bits per heavy atom. The first-order valence-electron chi connectivity index (χ1n) is 6.38. The largest absolute Gasteiger partial charge is 0.240 e. The van der Waals surface area contributed by atoms with E-state index in [0.29, 0.717) is 5.02 Å². The molecule has 0 saturated carbocycles. The summed E-state index contributed by atoms with van der Waals surface area (Å²) in [5, 5.41) is 0.419. The molecule has 0 atom stereocenters. The fraction of sp³-hybridized carbons (Fsp3) is 0.143. The number of sulfonamides is 1. The molecule has 2 aromatic carbocycles. The van der Waals surface area contributed by atoms with Crippen molar-refractivity contribution >= 4 is 31.5 Å². The minimum absolute atomic E-state index is 0.0508. The molecule has 0 radical (unpaired) electrons. The van der Waals surface area contributed by atoms with Gasteiger partial charge in [0, 0.05) is 11.6 Å². The SMILES string of the molecule is CCNS(=O)(=O)c1cccc(S(=O)(=O)c2ccc(Cl)cc2)c1. The maximum absolute atomic E-state index is 12.5. The fourth-order valence-electron chi connectivity index (χ4n) is 1.83. The van der Waals surface area contributed by atoms with E-state index in [1.54, 1.807) is 6.92 Å². The molecule has 0 aromatic heterocycles. The van der Waals surface area contributed by atoms with Crippen molar-refractivity contribution in [2.45, 2.75) is 21.6 Å². The second-order valence-corrected chi connectivity index (χ2v) is 8.59. The number of nitrogens with one attached hydrogen (secondary N) is 1. The molecule has 118 valence electrons. The summed E-state index contributed by atoms with van der Waals surface area (Å²) in [6.45, 7) is 1.86. The number of benzene rings is 2. The molecule has 2 aromatic rings. The lowest BCUT2D eigenvalue weighted by Gasteiger charge is -2.08. The van der Waals surface area contributed by atoms with Gasteiger partial charge in [0.25, 0.3) is 0 Å². The lowest BCUT2D eigenvalue weighted by atomic mass is 10.4. The van der Waals surface area contributed by atoms with Gasteiger partial charge in [-0.3, -0.25) is 0 Å². The van der Waals surface area contributed by atoms with E-state index in [4.69, 9.17) is 11.6 Å². The number of hydrogen-bond donors (Lipinski definition) is 1. The molecule has 0 amide bonds. The van der Waals surface area contributed by atoms with Crippen molar-refractivity contribution < 1.29 is 16.8 Å². The molecule has 0 unspecified atom stereocenters. The van der Waals surface area contributed by atoms with Gasteiger partial charge >= 0.3 is 0 Å². The highest BCUT2D eigenvalue weighted by atomic mass is 35.5. The maximum atomic E-state index is 12.5. The summed E-state index contributed by atoms with van der Waals surface area (Å²) in [7, 11) is -7.52. The third kappa shape index (κ3) is 3.49. The molecule has 22 heavy (non-hydrogen) atoms. The maximum Gasteiger partial charge on any atom is 0.240 e. The molecule has 0 heterocycles. The molecular formula is C14H14ClNO4S2. The monoisotopic (exact) mass is 359 g/mol. The Morgan fingerprint density at radius 2 is 1.50 bits per heavy atom. The third-order valence-electron chi connectivity index (χ3n) is 2.88.